The van der Waals surface area contributed by atoms with Gasteiger partial charge in [-0.15, -0.1) is 0 Å². The summed E-state index contributed by atoms with van der Waals surface area (Å²) in [7, 11) is 0. The lowest BCUT2D eigenvalue weighted by Gasteiger charge is -2.26. The summed E-state index contributed by atoms with van der Waals surface area (Å²) < 4.78 is 2.14. The molecule has 3 nitrogen and oxygen atoms in total. The van der Waals surface area contributed by atoms with Crippen molar-refractivity contribution < 1.29 is 0 Å². The molecule has 17 heavy (non-hydrogen) atoms. The number of aromatic nitrogens is 2. The molecule has 1 aliphatic carbocycles. The maximum Gasteiger partial charge on any atom is 0.0945 e. The van der Waals surface area contributed by atoms with E-state index in [2.05, 4.69) is 21.8 Å². The molecule has 1 aliphatic rings. The van der Waals surface area contributed by atoms with Crippen LogP contribution in [-0.2, 0) is 6.54 Å². The molecule has 0 radical (unpaired) electrons. The molecule has 0 amide bonds. The average Bonchev–Trinajstić information content (AvgIpc) is 2.82. The van der Waals surface area contributed by atoms with E-state index in [1.54, 1.807) is 0 Å². The van der Waals surface area contributed by atoms with E-state index in [1.165, 1.54) is 38.6 Å². The van der Waals surface area contributed by atoms with Gasteiger partial charge < -0.3 is 9.88 Å². The molecule has 0 bridgehead atoms. The predicted octanol–water partition coefficient (Wildman–Crippen LogP) is 2.69. The summed E-state index contributed by atoms with van der Waals surface area (Å²) in [5.74, 6) is 1.87. The van der Waals surface area contributed by atoms with Crippen LogP contribution in [0.15, 0.2) is 18.7 Å². The fourth-order valence-corrected chi connectivity index (χ4v) is 2.86. The van der Waals surface area contributed by atoms with Gasteiger partial charge in [0.25, 0.3) is 0 Å². The molecule has 1 aromatic rings. The van der Waals surface area contributed by atoms with Crippen molar-refractivity contribution in [3.05, 3.63) is 18.7 Å². The van der Waals surface area contributed by atoms with E-state index in [4.69, 9.17) is 0 Å². The first kappa shape index (κ1) is 12.6. The van der Waals surface area contributed by atoms with Crippen molar-refractivity contribution in [3.63, 3.8) is 0 Å². The first-order valence-electron chi connectivity index (χ1n) is 7.01. The van der Waals surface area contributed by atoms with E-state index in [9.17, 15) is 0 Å². The van der Waals surface area contributed by atoms with E-state index < -0.39 is 0 Å². The third-order valence-electron chi connectivity index (χ3n) is 3.81. The summed E-state index contributed by atoms with van der Waals surface area (Å²) in [6, 6.07) is 0. The molecule has 0 aromatic carbocycles. The number of aryl methyl sites for hydroxylation is 1. The lowest BCUT2D eigenvalue weighted by molar-refractivity contribution is 0.274. The molecule has 0 saturated heterocycles. The second-order valence-electron chi connectivity index (χ2n) is 5.50. The maximum atomic E-state index is 4.05. The van der Waals surface area contributed by atoms with Crippen LogP contribution in [0.3, 0.4) is 0 Å². The van der Waals surface area contributed by atoms with E-state index >= 15 is 0 Å². The van der Waals surface area contributed by atoms with E-state index in [1.807, 2.05) is 18.7 Å². The molecule has 0 spiro atoms. The zero-order valence-corrected chi connectivity index (χ0v) is 10.9. The van der Waals surface area contributed by atoms with Crippen molar-refractivity contribution in [3.8, 4) is 0 Å². The van der Waals surface area contributed by atoms with Crippen molar-refractivity contribution >= 4 is 0 Å². The highest BCUT2D eigenvalue weighted by Crippen LogP contribution is 2.27. The molecule has 96 valence electrons. The smallest absolute Gasteiger partial charge is 0.0945 e. The Morgan fingerprint density at radius 2 is 2.35 bits per heavy atom. The SMILES string of the molecule is CC1CCCC(CNCCCn2ccnc2)C1. The van der Waals surface area contributed by atoms with Gasteiger partial charge in [0.15, 0.2) is 0 Å². The van der Waals surface area contributed by atoms with Gasteiger partial charge in [-0.1, -0.05) is 19.8 Å². The Kier molecular flexibility index (Phi) is 5.05. The highest BCUT2D eigenvalue weighted by molar-refractivity contribution is 4.74. The Morgan fingerprint density at radius 1 is 1.41 bits per heavy atom. The van der Waals surface area contributed by atoms with Crippen molar-refractivity contribution in [2.75, 3.05) is 13.1 Å². The third kappa shape index (κ3) is 4.50. The number of rotatable bonds is 6. The molecular weight excluding hydrogens is 210 g/mol. The van der Waals surface area contributed by atoms with Gasteiger partial charge in [-0.25, -0.2) is 4.98 Å². The molecule has 1 N–H and O–H groups in total. The Labute approximate surface area is 105 Å². The van der Waals surface area contributed by atoms with Gasteiger partial charge in [-0.05, 0) is 44.2 Å². The summed E-state index contributed by atoms with van der Waals surface area (Å²) in [4.78, 5) is 4.05. The minimum Gasteiger partial charge on any atom is -0.337 e. The van der Waals surface area contributed by atoms with Gasteiger partial charge in [-0.2, -0.15) is 0 Å². The van der Waals surface area contributed by atoms with E-state index in [0.29, 0.717) is 0 Å². The summed E-state index contributed by atoms with van der Waals surface area (Å²) in [5, 5.41) is 3.60. The lowest BCUT2D eigenvalue weighted by Crippen LogP contribution is -2.27. The first-order valence-corrected chi connectivity index (χ1v) is 7.01. The number of hydrogen-bond acceptors (Lipinski definition) is 2. The third-order valence-corrected chi connectivity index (χ3v) is 3.81. The highest BCUT2D eigenvalue weighted by Gasteiger charge is 2.17. The topological polar surface area (TPSA) is 29.9 Å². The van der Waals surface area contributed by atoms with Crippen molar-refractivity contribution in [2.24, 2.45) is 11.8 Å². The normalized spacial score (nSPS) is 25.0. The van der Waals surface area contributed by atoms with Crippen LogP contribution in [-0.4, -0.2) is 22.6 Å². The molecule has 2 unspecified atom stereocenters. The van der Waals surface area contributed by atoms with Crippen LogP contribution in [0.25, 0.3) is 0 Å². The van der Waals surface area contributed by atoms with Crippen LogP contribution in [0.1, 0.15) is 39.0 Å². The molecule has 1 saturated carbocycles. The molecule has 2 atom stereocenters. The largest absolute Gasteiger partial charge is 0.337 e. The number of nitrogens with one attached hydrogen (secondary N) is 1. The van der Waals surface area contributed by atoms with Gasteiger partial charge in [0.1, 0.15) is 0 Å². The van der Waals surface area contributed by atoms with Gasteiger partial charge in [0, 0.05) is 18.9 Å². The van der Waals surface area contributed by atoms with Gasteiger partial charge in [0.05, 0.1) is 6.33 Å². The Morgan fingerprint density at radius 3 is 3.12 bits per heavy atom. The fraction of sp³-hybridized carbons (Fsp3) is 0.786. The first-order chi connectivity index (χ1) is 8.34. The van der Waals surface area contributed by atoms with Crippen molar-refractivity contribution in [1.29, 1.82) is 0 Å². The molecule has 2 rings (SSSR count). The lowest BCUT2D eigenvalue weighted by atomic mass is 9.82. The van der Waals surface area contributed by atoms with E-state index in [0.717, 1.165) is 24.9 Å². The number of hydrogen-bond donors (Lipinski definition) is 1. The summed E-state index contributed by atoms with van der Waals surface area (Å²) in [6.07, 6.45) is 12.7. The quantitative estimate of drug-likeness (QED) is 0.768. The molecule has 1 aromatic heterocycles. The highest BCUT2D eigenvalue weighted by atomic mass is 15.0. The second-order valence-corrected chi connectivity index (χ2v) is 5.50. The zero-order chi connectivity index (χ0) is 11.9. The van der Waals surface area contributed by atoms with Gasteiger partial charge in [0.2, 0.25) is 0 Å². The maximum absolute atomic E-state index is 4.05. The Bertz CT molecular complexity index is 294. The van der Waals surface area contributed by atoms with Crippen molar-refractivity contribution in [2.45, 2.75) is 45.6 Å². The van der Waals surface area contributed by atoms with Gasteiger partial charge >= 0.3 is 0 Å². The Hall–Kier alpha value is -0.830. The van der Waals surface area contributed by atoms with Crippen LogP contribution in [0.5, 0.6) is 0 Å². The van der Waals surface area contributed by atoms with Crippen molar-refractivity contribution in [1.82, 2.24) is 14.9 Å². The second kappa shape index (κ2) is 6.80. The molecule has 1 fully saturated rings. The molecule has 1 heterocycles. The summed E-state index contributed by atoms with van der Waals surface area (Å²) >= 11 is 0. The Balaban J connectivity index is 1.51. The monoisotopic (exact) mass is 235 g/mol. The molecule has 3 heteroatoms. The molecule has 0 aliphatic heterocycles. The minimum atomic E-state index is 0.923. The van der Waals surface area contributed by atoms with Crippen LogP contribution in [0, 0.1) is 11.8 Å². The standard InChI is InChI=1S/C14H25N3/c1-13-4-2-5-14(10-13)11-15-6-3-8-17-9-7-16-12-17/h7,9,12-15H,2-6,8,10-11H2,1H3. The minimum absolute atomic E-state index is 0.923. The fourth-order valence-electron chi connectivity index (χ4n) is 2.86. The number of imidazole rings is 1. The summed E-state index contributed by atoms with van der Waals surface area (Å²) in [6.45, 7) is 5.82. The van der Waals surface area contributed by atoms with Crippen LogP contribution >= 0.6 is 0 Å². The number of nitrogens with zero attached hydrogens (tertiary/aromatic N) is 2. The molecular formula is C14H25N3. The van der Waals surface area contributed by atoms with Crippen LogP contribution in [0.4, 0.5) is 0 Å². The van der Waals surface area contributed by atoms with Crippen LogP contribution in [0.2, 0.25) is 0 Å². The predicted molar refractivity (Wildman–Crippen MR) is 70.8 cm³/mol. The van der Waals surface area contributed by atoms with Crippen LogP contribution < -0.4 is 5.32 Å². The summed E-state index contributed by atoms with van der Waals surface area (Å²) in [5.41, 5.74) is 0. The van der Waals surface area contributed by atoms with E-state index in [-0.39, 0.29) is 0 Å². The average molecular weight is 235 g/mol. The zero-order valence-electron chi connectivity index (χ0n) is 10.9. The van der Waals surface area contributed by atoms with Gasteiger partial charge in [-0.3, -0.25) is 0 Å².